The maximum atomic E-state index is 11.7. The normalized spacial score (nSPS) is 12.2. The zero-order valence-electron chi connectivity index (χ0n) is 8.40. The Morgan fingerprint density at radius 2 is 2.47 bits per heavy atom. The summed E-state index contributed by atoms with van der Waals surface area (Å²) < 4.78 is 0. The highest BCUT2D eigenvalue weighted by molar-refractivity contribution is 6.33. The Morgan fingerprint density at radius 3 is 3.00 bits per heavy atom. The molecular weight excluding hydrogens is 216 g/mol. The molecule has 0 aliphatic carbocycles. The average Bonchev–Trinajstić information content (AvgIpc) is 2.26. The molecule has 1 rings (SSSR count). The van der Waals surface area contributed by atoms with Crippen molar-refractivity contribution in [3.8, 4) is 0 Å². The largest absolute Gasteiger partial charge is 0.394 e. The maximum Gasteiger partial charge on any atom is 0.253 e. The van der Waals surface area contributed by atoms with Crippen LogP contribution in [0.3, 0.4) is 0 Å². The number of aromatic nitrogens is 1. The third kappa shape index (κ3) is 3.18. The van der Waals surface area contributed by atoms with Crippen LogP contribution < -0.4 is 5.32 Å². The second-order valence-corrected chi connectivity index (χ2v) is 3.52. The van der Waals surface area contributed by atoms with E-state index in [9.17, 15) is 4.79 Å². The lowest BCUT2D eigenvalue weighted by molar-refractivity contribution is 0.0915. The molecule has 0 bridgehead atoms. The van der Waals surface area contributed by atoms with Crippen LogP contribution in [0.5, 0.6) is 0 Å². The molecule has 5 heteroatoms. The Balaban J connectivity index is 2.73. The van der Waals surface area contributed by atoms with Crippen molar-refractivity contribution in [1.82, 2.24) is 10.3 Å². The number of halogens is 1. The SMILES string of the molecule is CCC(CO)NC(=O)c1ccncc1Cl. The fourth-order valence-electron chi connectivity index (χ4n) is 1.10. The van der Waals surface area contributed by atoms with Gasteiger partial charge in [0.1, 0.15) is 0 Å². The van der Waals surface area contributed by atoms with Crippen molar-refractivity contribution in [2.24, 2.45) is 0 Å². The monoisotopic (exact) mass is 228 g/mol. The molecule has 0 aromatic carbocycles. The molecule has 0 saturated heterocycles. The van der Waals surface area contributed by atoms with Crippen LogP contribution in [0.25, 0.3) is 0 Å². The van der Waals surface area contributed by atoms with Gasteiger partial charge in [-0.25, -0.2) is 0 Å². The Labute approximate surface area is 93.3 Å². The van der Waals surface area contributed by atoms with E-state index in [-0.39, 0.29) is 18.6 Å². The number of nitrogens with one attached hydrogen (secondary N) is 1. The Morgan fingerprint density at radius 1 is 1.73 bits per heavy atom. The first-order chi connectivity index (χ1) is 7.19. The number of nitrogens with zero attached hydrogens (tertiary/aromatic N) is 1. The number of hydrogen-bond acceptors (Lipinski definition) is 3. The Bertz CT molecular complexity index is 340. The van der Waals surface area contributed by atoms with Gasteiger partial charge in [-0.1, -0.05) is 18.5 Å². The van der Waals surface area contributed by atoms with E-state index in [0.717, 1.165) is 0 Å². The molecule has 4 nitrogen and oxygen atoms in total. The maximum absolute atomic E-state index is 11.7. The minimum absolute atomic E-state index is 0.0784. The van der Waals surface area contributed by atoms with Crippen LogP contribution >= 0.6 is 11.6 Å². The van der Waals surface area contributed by atoms with E-state index < -0.39 is 0 Å². The van der Waals surface area contributed by atoms with Crippen molar-refractivity contribution in [1.29, 1.82) is 0 Å². The summed E-state index contributed by atoms with van der Waals surface area (Å²) >= 11 is 5.80. The molecule has 1 heterocycles. The van der Waals surface area contributed by atoms with Gasteiger partial charge in [-0.15, -0.1) is 0 Å². The highest BCUT2D eigenvalue weighted by atomic mass is 35.5. The predicted molar refractivity (Wildman–Crippen MR) is 57.9 cm³/mol. The van der Waals surface area contributed by atoms with E-state index in [1.807, 2.05) is 6.92 Å². The summed E-state index contributed by atoms with van der Waals surface area (Å²) in [6.07, 6.45) is 3.59. The van der Waals surface area contributed by atoms with Gasteiger partial charge in [0.2, 0.25) is 0 Å². The number of rotatable bonds is 4. The molecule has 0 fully saturated rings. The zero-order chi connectivity index (χ0) is 11.3. The highest BCUT2D eigenvalue weighted by Gasteiger charge is 2.13. The van der Waals surface area contributed by atoms with Crippen LogP contribution in [0.2, 0.25) is 5.02 Å². The van der Waals surface area contributed by atoms with E-state index in [1.54, 1.807) is 6.07 Å². The first-order valence-corrected chi connectivity index (χ1v) is 5.08. The molecule has 1 atom stereocenters. The average molecular weight is 229 g/mol. The molecular formula is C10H13ClN2O2. The van der Waals surface area contributed by atoms with Crippen molar-refractivity contribution >= 4 is 17.5 Å². The highest BCUT2D eigenvalue weighted by Crippen LogP contribution is 2.13. The topological polar surface area (TPSA) is 62.2 Å². The molecule has 0 aliphatic rings. The van der Waals surface area contributed by atoms with E-state index in [2.05, 4.69) is 10.3 Å². The lowest BCUT2D eigenvalue weighted by atomic mass is 10.2. The van der Waals surface area contributed by atoms with Gasteiger partial charge < -0.3 is 10.4 Å². The molecule has 0 radical (unpaired) electrons. The van der Waals surface area contributed by atoms with Gasteiger partial charge in [0, 0.05) is 12.4 Å². The van der Waals surface area contributed by atoms with E-state index in [0.29, 0.717) is 17.0 Å². The third-order valence-electron chi connectivity index (χ3n) is 2.07. The number of aliphatic hydroxyl groups is 1. The van der Waals surface area contributed by atoms with Crippen molar-refractivity contribution in [3.05, 3.63) is 29.0 Å². The summed E-state index contributed by atoms with van der Waals surface area (Å²) in [7, 11) is 0. The lowest BCUT2D eigenvalue weighted by Gasteiger charge is -2.14. The molecule has 1 amide bonds. The number of pyridine rings is 1. The molecule has 82 valence electrons. The van der Waals surface area contributed by atoms with Crippen LogP contribution in [0.1, 0.15) is 23.7 Å². The van der Waals surface area contributed by atoms with Gasteiger partial charge in [-0.2, -0.15) is 0 Å². The molecule has 0 saturated carbocycles. The molecule has 1 aromatic heterocycles. The van der Waals surface area contributed by atoms with Gasteiger partial charge in [-0.05, 0) is 12.5 Å². The molecule has 2 N–H and O–H groups in total. The molecule has 1 unspecified atom stereocenters. The number of hydrogen-bond donors (Lipinski definition) is 2. The van der Waals surface area contributed by atoms with Crippen LogP contribution in [-0.4, -0.2) is 28.6 Å². The van der Waals surface area contributed by atoms with Crippen LogP contribution in [-0.2, 0) is 0 Å². The first-order valence-electron chi connectivity index (χ1n) is 4.70. The smallest absolute Gasteiger partial charge is 0.253 e. The summed E-state index contributed by atoms with van der Waals surface area (Å²) in [6, 6.07) is 1.31. The van der Waals surface area contributed by atoms with Crippen LogP contribution in [0.15, 0.2) is 18.5 Å². The fraction of sp³-hybridized carbons (Fsp3) is 0.400. The quantitative estimate of drug-likeness (QED) is 0.815. The number of amides is 1. The lowest BCUT2D eigenvalue weighted by Crippen LogP contribution is -2.37. The third-order valence-corrected chi connectivity index (χ3v) is 2.37. The van der Waals surface area contributed by atoms with Crippen molar-refractivity contribution in [2.45, 2.75) is 19.4 Å². The van der Waals surface area contributed by atoms with Crippen molar-refractivity contribution in [2.75, 3.05) is 6.61 Å². The summed E-state index contributed by atoms with van der Waals surface area (Å²) in [6.45, 7) is 1.81. The second kappa shape index (κ2) is 5.68. The van der Waals surface area contributed by atoms with E-state index in [4.69, 9.17) is 16.7 Å². The van der Waals surface area contributed by atoms with Crippen LogP contribution in [0, 0.1) is 0 Å². The predicted octanol–water partition coefficient (Wildman–Crippen LogP) is 1.24. The Hall–Kier alpha value is -1.13. The zero-order valence-corrected chi connectivity index (χ0v) is 9.16. The van der Waals surface area contributed by atoms with Crippen molar-refractivity contribution < 1.29 is 9.90 Å². The number of carbonyl (C=O) groups excluding carboxylic acids is 1. The van der Waals surface area contributed by atoms with Gasteiger partial charge in [-0.3, -0.25) is 9.78 Å². The minimum atomic E-state index is -0.289. The first kappa shape index (κ1) is 11.9. The van der Waals surface area contributed by atoms with Gasteiger partial charge in [0.15, 0.2) is 0 Å². The summed E-state index contributed by atoms with van der Waals surface area (Å²) in [4.78, 5) is 15.4. The summed E-state index contributed by atoms with van der Waals surface area (Å²) in [5, 5.41) is 11.9. The second-order valence-electron chi connectivity index (χ2n) is 3.12. The van der Waals surface area contributed by atoms with E-state index >= 15 is 0 Å². The number of carbonyl (C=O) groups is 1. The van der Waals surface area contributed by atoms with Gasteiger partial charge in [0.05, 0.1) is 23.2 Å². The minimum Gasteiger partial charge on any atom is -0.394 e. The molecule has 0 aliphatic heterocycles. The summed E-state index contributed by atoms with van der Waals surface area (Å²) in [5.74, 6) is -0.289. The molecule has 15 heavy (non-hydrogen) atoms. The number of aliphatic hydroxyl groups excluding tert-OH is 1. The van der Waals surface area contributed by atoms with Crippen molar-refractivity contribution in [3.63, 3.8) is 0 Å². The molecule has 1 aromatic rings. The van der Waals surface area contributed by atoms with Gasteiger partial charge >= 0.3 is 0 Å². The summed E-state index contributed by atoms with van der Waals surface area (Å²) in [5.41, 5.74) is 0.374. The van der Waals surface area contributed by atoms with Gasteiger partial charge in [0.25, 0.3) is 5.91 Å². The van der Waals surface area contributed by atoms with Crippen LogP contribution in [0.4, 0.5) is 0 Å². The Kier molecular flexibility index (Phi) is 4.52. The molecule has 0 spiro atoms. The van der Waals surface area contributed by atoms with E-state index in [1.165, 1.54) is 12.4 Å². The standard InChI is InChI=1S/C10H13ClN2O2/c1-2-7(6-14)13-10(15)8-3-4-12-5-9(8)11/h3-5,7,14H,2,6H2,1H3,(H,13,15). The fourth-order valence-corrected chi connectivity index (χ4v) is 1.30.